The van der Waals surface area contributed by atoms with Gasteiger partial charge in [-0.1, -0.05) is 0 Å². The van der Waals surface area contributed by atoms with Gasteiger partial charge in [0.15, 0.2) is 0 Å². The third-order valence-electron chi connectivity index (χ3n) is 2.73. The van der Waals surface area contributed by atoms with Gasteiger partial charge in [0.1, 0.15) is 11.3 Å². The predicted octanol–water partition coefficient (Wildman–Crippen LogP) is 1.65. The summed E-state index contributed by atoms with van der Waals surface area (Å²) in [6.07, 6.45) is 1.63. The number of carbonyl (C=O) groups excluding carboxylic acids is 1. The molecule has 0 aromatic carbocycles. The van der Waals surface area contributed by atoms with Crippen LogP contribution in [0.25, 0.3) is 0 Å². The second-order valence-corrected chi connectivity index (χ2v) is 4.41. The molecular formula is C14H15N3O3. The van der Waals surface area contributed by atoms with Crippen molar-refractivity contribution in [1.29, 1.82) is 0 Å². The van der Waals surface area contributed by atoms with Crippen LogP contribution in [0.3, 0.4) is 0 Å². The summed E-state index contributed by atoms with van der Waals surface area (Å²) in [5.41, 5.74) is 1.61. The summed E-state index contributed by atoms with van der Waals surface area (Å²) in [4.78, 5) is 30.5. The first kappa shape index (κ1) is 13.8. The number of amides is 1. The fourth-order valence-corrected chi connectivity index (χ4v) is 1.75. The van der Waals surface area contributed by atoms with Crippen molar-refractivity contribution in [3.8, 4) is 5.88 Å². The summed E-state index contributed by atoms with van der Waals surface area (Å²) in [6.45, 7) is 3.59. The molecule has 6 heteroatoms. The molecule has 0 bridgehead atoms. The van der Waals surface area contributed by atoms with E-state index in [1.807, 2.05) is 6.92 Å². The lowest BCUT2D eigenvalue weighted by atomic mass is 10.2. The molecule has 0 spiro atoms. The van der Waals surface area contributed by atoms with E-state index < -0.39 is 11.5 Å². The van der Waals surface area contributed by atoms with Gasteiger partial charge < -0.3 is 15.0 Å². The zero-order chi connectivity index (χ0) is 14.7. The minimum absolute atomic E-state index is 0.0409. The van der Waals surface area contributed by atoms with E-state index in [0.29, 0.717) is 17.3 Å². The van der Waals surface area contributed by atoms with Gasteiger partial charge in [0, 0.05) is 11.9 Å². The summed E-state index contributed by atoms with van der Waals surface area (Å²) in [5.74, 6) is -0.204. The van der Waals surface area contributed by atoms with Crippen LogP contribution in [0.2, 0.25) is 0 Å². The number of rotatable bonds is 3. The first-order valence-corrected chi connectivity index (χ1v) is 6.03. The van der Waals surface area contributed by atoms with Gasteiger partial charge in [0.05, 0.1) is 7.11 Å². The Kier molecular flexibility index (Phi) is 3.84. The molecule has 2 aromatic heterocycles. The molecule has 2 N–H and O–H groups in total. The highest BCUT2D eigenvalue weighted by Gasteiger charge is 2.14. The molecule has 1 amide bonds. The van der Waals surface area contributed by atoms with Crippen LogP contribution in [0.1, 0.15) is 21.6 Å². The number of pyridine rings is 2. The zero-order valence-corrected chi connectivity index (χ0v) is 11.5. The quantitative estimate of drug-likeness (QED) is 0.890. The summed E-state index contributed by atoms with van der Waals surface area (Å²) < 4.78 is 5.07. The van der Waals surface area contributed by atoms with Crippen molar-refractivity contribution in [2.45, 2.75) is 13.8 Å². The van der Waals surface area contributed by atoms with E-state index in [1.165, 1.54) is 13.2 Å². The number of carbonyl (C=O) groups is 1. The molecule has 20 heavy (non-hydrogen) atoms. The van der Waals surface area contributed by atoms with Crippen molar-refractivity contribution in [2.24, 2.45) is 0 Å². The molecule has 0 atom stereocenters. The van der Waals surface area contributed by atoms with Gasteiger partial charge in [-0.25, -0.2) is 4.98 Å². The summed E-state index contributed by atoms with van der Waals surface area (Å²) >= 11 is 0. The van der Waals surface area contributed by atoms with Gasteiger partial charge in [-0.05, 0) is 37.6 Å². The highest BCUT2D eigenvalue weighted by Crippen LogP contribution is 2.22. The second-order valence-electron chi connectivity index (χ2n) is 4.41. The van der Waals surface area contributed by atoms with Crippen LogP contribution in [0, 0.1) is 13.8 Å². The molecule has 0 saturated carbocycles. The molecule has 0 unspecified atom stereocenters. The van der Waals surface area contributed by atoms with Crippen molar-refractivity contribution < 1.29 is 9.53 Å². The van der Waals surface area contributed by atoms with E-state index in [0.717, 1.165) is 5.56 Å². The van der Waals surface area contributed by atoms with Gasteiger partial charge in [0.2, 0.25) is 5.88 Å². The second kappa shape index (κ2) is 5.56. The van der Waals surface area contributed by atoms with Crippen molar-refractivity contribution in [3.05, 3.63) is 51.6 Å². The zero-order valence-electron chi connectivity index (χ0n) is 11.5. The first-order chi connectivity index (χ1) is 9.51. The standard InChI is InChI=1S/C14H15N3O3/c1-8-6-11(14(20-3)15-7-8)17-13(19)10-5-4-9(2)16-12(10)18/h4-7H,1-3H3,(H,16,18)(H,17,19). The Balaban J connectivity index is 2.32. The Morgan fingerprint density at radius 2 is 2.10 bits per heavy atom. The van der Waals surface area contributed by atoms with Crippen molar-refractivity contribution in [2.75, 3.05) is 12.4 Å². The number of anilines is 1. The largest absolute Gasteiger partial charge is 0.480 e. The number of aromatic amines is 1. The monoisotopic (exact) mass is 273 g/mol. The highest BCUT2D eigenvalue weighted by molar-refractivity contribution is 6.04. The molecule has 2 rings (SSSR count). The maximum atomic E-state index is 12.1. The molecule has 6 nitrogen and oxygen atoms in total. The molecule has 0 aliphatic carbocycles. The first-order valence-electron chi connectivity index (χ1n) is 6.03. The Bertz CT molecular complexity index is 707. The van der Waals surface area contributed by atoms with Crippen LogP contribution >= 0.6 is 0 Å². The Morgan fingerprint density at radius 1 is 1.35 bits per heavy atom. The fraction of sp³-hybridized carbons (Fsp3) is 0.214. The third-order valence-corrected chi connectivity index (χ3v) is 2.73. The van der Waals surface area contributed by atoms with E-state index in [-0.39, 0.29) is 5.56 Å². The van der Waals surface area contributed by atoms with Crippen molar-refractivity contribution >= 4 is 11.6 Å². The predicted molar refractivity (Wildman–Crippen MR) is 75.3 cm³/mol. The topological polar surface area (TPSA) is 84.1 Å². The number of nitrogens with zero attached hydrogens (tertiary/aromatic N) is 1. The van der Waals surface area contributed by atoms with E-state index in [1.54, 1.807) is 25.3 Å². The SMILES string of the molecule is COc1ncc(C)cc1NC(=O)c1ccc(C)[nH]c1=O. The summed E-state index contributed by atoms with van der Waals surface area (Å²) in [5, 5.41) is 2.63. The highest BCUT2D eigenvalue weighted by atomic mass is 16.5. The van der Waals surface area contributed by atoms with Crippen LogP contribution in [0.5, 0.6) is 5.88 Å². The van der Waals surface area contributed by atoms with Gasteiger partial charge >= 0.3 is 0 Å². The average Bonchev–Trinajstić information content (AvgIpc) is 2.38. The van der Waals surface area contributed by atoms with Gasteiger partial charge in [-0.3, -0.25) is 9.59 Å². The maximum Gasteiger partial charge on any atom is 0.261 e. The molecule has 104 valence electrons. The van der Waals surface area contributed by atoms with Gasteiger partial charge in [-0.15, -0.1) is 0 Å². The van der Waals surface area contributed by atoms with Crippen molar-refractivity contribution in [3.63, 3.8) is 0 Å². The van der Waals surface area contributed by atoms with Crippen LogP contribution in [-0.4, -0.2) is 23.0 Å². The van der Waals surface area contributed by atoms with E-state index in [9.17, 15) is 9.59 Å². The average molecular weight is 273 g/mol. The van der Waals surface area contributed by atoms with E-state index in [4.69, 9.17) is 4.74 Å². The third kappa shape index (κ3) is 2.85. The van der Waals surface area contributed by atoms with Crippen LogP contribution < -0.4 is 15.6 Å². The minimum Gasteiger partial charge on any atom is -0.480 e. The smallest absolute Gasteiger partial charge is 0.261 e. The summed E-state index contributed by atoms with van der Waals surface area (Å²) in [7, 11) is 1.46. The molecule has 0 aliphatic heterocycles. The fourth-order valence-electron chi connectivity index (χ4n) is 1.75. The Morgan fingerprint density at radius 3 is 2.75 bits per heavy atom. The van der Waals surface area contributed by atoms with Gasteiger partial charge in [-0.2, -0.15) is 0 Å². The molecule has 2 aromatic rings. The number of H-pyrrole nitrogens is 1. The number of ether oxygens (including phenoxy) is 1. The molecule has 0 saturated heterocycles. The van der Waals surface area contributed by atoms with Crippen LogP contribution in [0.4, 0.5) is 5.69 Å². The van der Waals surface area contributed by atoms with Gasteiger partial charge in [0.25, 0.3) is 11.5 Å². The maximum absolute atomic E-state index is 12.1. The molecule has 2 heterocycles. The number of aryl methyl sites for hydroxylation is 2. The number of hydrogen-bond donors (Lipinski definition) is 2. The Hall–Kier alpha value is -2.63. The van der Waals surface area contributed by atoms with E-state index >= 15 is 0 Å². The number of aromatic nitrogens is 2. The number of hydrogen-bond acceptors (Lipinski definition) is 4. The van der Waals surface area contributed by atoms with E-state index in [2.05, 4.69) is 15.3 Å². The lowest BCUT2D eigenvalue weighted by Gasteiger charge is -2.09. The number of methoxy groups -OCH3 is 1. The van der Waals surface area contributed by atoms with Crippen molar-refractivity contribution in [1.82, 2.24) is 9.97 Å². The Labute approximate surface area is 115 Å². The lowest BCUT2D eigenvalue weighted by Crippen LogP contribution is -2.23. The molecule has 0 fully saturated rings. The molecule has 0 radical (unpaired) electrons. The normalized spacial score (nSPS) is 10.2. The molecular weight excluding hydrogens is 258 g/mol. The lowest BCUT2D eigenvalue weighted by molar-refractivity contribution is 0.102. The summed E-state index contributed by atoms with van der Waals surface area (Å²) in [6, 6.07) is 4.88. The molecule has 0 aliphatic rings. The minimum atomic E-state index is -0.503. The van der Waals surface area contributed by atoms with Crippen LogP contribution in [-0.2, 0) is 0 Å². The van der Waals surface area contributed by atoms with Crippen LogP contribution in [0.15, 0.2) is 29.2 Å². The number of nitrogens with one attached hydrogen (secondary N) is 2.